The Kier molecular flexibility index (Phi) is 3.32. The van der Waals surface area contributed by atoms with Crippen molar-refractivity contribution in [2.45, 2.75) is 46.0 Å². The maximum atomic E-state index is 13.5. The molecule has 1 nitrogen and oxygen atoms in total. The molecule has 0 N–H and O–H groups in total. The predicted octanol–water partition coefficient (Wildman–Crippen LogP) is 4.29. The van der Waals surface area contributed by atoms with Gasteiger partial charge in [-0.25, -0.2) is 4.39 Å². The van der Waals surface area contributed by atoms with Crippen LogP contribution >= 0.6 is 0 Å². The van der Waals surface area contributed by atoms with Crippen LogP contribution in [0.25, 0.3) is 0 Å². The molecule has 0 aliphatic heterocycles. The lowest BCUT2D eigenvalue weighted by molar-refractivity contribution is 0.0749. The molecule has 17 heavy (non-hydrogen) atoms. The first kappa shape index (κ1) is 12.3. The van der Waals surface area contributed by atoms with Gasteiger partial charge in [-0.1, -0.05) is 38.3 Å². The summed E-state index contributed by atoms with van der Waals surface area (Å²) in [7, 11) is 0. The van der Waals surface area contributed by atoms with E-state index in [1.807, 2.05) is 6.92 Å². The summed E-state index contributed by atoms with van der Waals surface area (Å²) in [6.45, 7) is 3.73. The zero-order valence-corrected chi connectivity index (χ0v) is 10.6. The number of carbonyl (C=O) groups excluding carboxylic acids is 1. The lowest BCUT2D eigenvalue weighted by Crippen LogP contribution is -2.30. The first-order valence-electron chi connectivity index (χ1n) is 6.34. The number of Topliss-reactive ketones (excluding diaryl/α,β-unsaturated/α-hetero) is 1. The Morgan fingerprint density at radius 1 is 1.24 bits per heavy atom. The van der Waals surface area contributed by atoms with Gasteiger partial charge in [-0.15, -0.1) is 0 Å². The van der Waals surface area contributed by atoms with Crippen molar-refractivity contribution in [2.24, 2.45) is 5.41 Å². The summed E-state index contributed by atoms with van der Waals surface area (Å²) in [5.74, 6) is -0.175. The molecule has 0 aromatic heterocycles. The van der Waals surface area contributed by atoms with Gasteiger partial charge >= 0.3 is 0 Å². The molecule has 92 valence electrons. The molecule has 1 aromatic carbocycles. The molecule has 1 fully saturated rings. The molecule has 0 atom stereocenters. The van der Waals surface area contributed by atoms with E-state index in [1.165, 1.54) is 12.5 Å². The van der Waals surface area contributed by atoms with E-state index in [2.05, 4.69) is 0 Å². The van der Waals surface area contributed by atoms with Gasteiger partial charge in [-0.3, -0.25) is 4.79 Å². The Labute approximate surface area is 102 Å². The highest BCUT2D eigenvalue weighted by atomic mass is 19.1. The maximum absolute atomic E-state index is 13.5. The van der Waals surface area contributed by atoms with Crippen molar-refractivity contribution in [2.75, 3.05) is 0 Å². The number of carbonyl (C=O) groups is 1. The topological polar surface area (TPSA) is 17.1 Å². The molecule has 0 spiro atoms. The van der Waals surface area contributed by atoms with Crippen LogP contribution in [0.4, 0.5) is 4.39 Å². The summed E-state index contributed by atoms with van der Waals surface area (Å²) in [5.41, 5.74) is 0.841. The zero-order chi connectivity index (χ0) is 12.5. The molecule has 0 unspecified atom stereocenters. The minimum atomic E-state index is -0.282. The number of hydrogen-bond acceptors (Lipinski definition) is 1. The average molecular weight is 234 g/mol. The van der Waals surface area contributed by atoms with Crippen molar-refractivity contribution in [1.29, 1.82) is 0 Å². The molecule has 1 aliphatic carbocycles. The number of rotatable bonds is 2. The molecule has 0 radical (unpaired) electrons. The van der Waals surface area contributed by atoms with Crippen LogP contribution in [0.15, 0.2) is 18.2 Å². The van der Waals surface area contributed by atoms with Crippen LogP contribution in [0.2, 0.25) is 0 Å². The van der Waals surface area contributed by atoms with Gasteiger partial charge in [-0.05, 0) is 31.4 Å². The fourth-order valence-corrected chi connectivity index (χ4v) is 2.64. The highest BCUT2D eigenvalue weighted by Gasteiger charge is 2.35. The maximum Gasteiger partial charge on any atom is 0.168 e. The molecule has 1 aromatic rings. The van der Waals surface area contributed by atoms with Crippen molar-refractivity contribution in [3.63, 3.8) is 0 Å². The molecule has 2 heteroatoms. The Balaban J connectivity index is 2.26. The van der Waals surface area contributed by atoms with Crippen LogP contribution in [-0.4, -0.2) is 5.78 Å². The monoisotopic (exact) mass is 234 g/mol. The second-order valence-corrected chi connectivity index (χ2v) is 5.41. The highest BCUT2D eigenvalue weighted by molar-refractivity contribution is 6.00. The van der Waals surface area contributed by atoms with E-state index in [0.29, 0.717) is 11.1 Å². The van der Waals surface area contributed by atoms with E-state index < -0.39 is 0 Å². The molecule has 0 heterocycles. The largest absolute Gasteiger partial charge is 0.294 e. The van der Waals surface area contributed by atoms with Crippen LogP contribution < -0.4 is 0 Å². The van der Waals surface area contributed by atoms with Gasteiger partial charge < -0.3 is 0 Å². The Hall–Kier alpha value is -1.18. The summed E-state index contributed by atoms with van der Waals surface area (Å²) in [6, 6.07) is 4.83. The zero-order valence-electron chi connectivity index (χ0n) is 10.6. The van der Waals surface area contributed by atoms with E-state index in [-0.39, 0.29) is 17.0 Å². The molecule has 2 rings (SSSR count). The van der Waals surface area contributed by atoms with Gasteiger partial charge in [0.15, 0.2) is 5.78 Å². The molecule has 1 aliphatic rings. The third kappa shape index (κ3) is 2.41. The Morgan fingerprint density at radius 2 is 1.88 bits per heavy atom. The second kappa shape index (κ2) is 4.59. The minimum Gasteiger partial charge on any atom is -0.294 e. The quantitative estimate of drug-likeness (QED) is 0.698. The lowest BCUT2D eigenvalue weighted by Gasteiger charge is -2.32. The minimum absolute atomic E-state index is 0.108. The fourth-order valence-electron chi connectivity index (χ4n) is 2.64. The second-order valence-electron chi connectivity index (χ2n) is 5.41. The summed E-state index contributed by atoms with van der Waals surface area (Å²) in [4.78, 5) is 12.4. The van der Waals surface area contributed by atoms with E-state index in [4.69, 9.17) is 0 Å². The number of benzene rings is 1. The Morgan fingerprint density at radius 3 is 2.47 bits per heavy atom. The normalized spacial score (nSPS) is 19.0. The summed E-state index contributed by atoms with van der Waals surface area (Å²) in [5, 5.41) is 0. The third-order valence-electron chi connectivity index (χ3n) is 3.94. The number of hydrogen-bond donors (Lipinski definition) is 0. The van der Waals surface area contributed by atoms with Crippen LogP contribution in [0.3, 0.4) is 0 Å². The van der Waals surface area contributed by atoms with E-state index in [1.54, 1.807) is 19.1 Å². The molecule has 0 amide bonds. The van der Waals surface area contributed by atoms with Gasteiger partial charge in [0.25, 0.3) is 0 Å². The van der Waals surface area contributed by atoms with Crippen molar-refractivity contribution in [3.05, 3.63) is 35.1 Å². The first-order valence-corrected chi connectivity index (χ1v) is 6.34. The SMILES string of the molecule is Cc1ccc(C(=O)C2(C)CCCCC2)cc1F. The van der Waals surface area contributed by atoms with E-state index in [9.17, 15) is 9.18 Å². The van der Waals surface area contributed by atoms with E-state index >= 15 is 0 Å². The average Bonchev–Trinajstić information content (AvgIpc) is 2.33. The predicted molar refractivity (Wildman–Crippen MR) is 66.7 cm³/mol. The molecular weight excluding hydrogens is 215 g/mol. The van der Waals surface area contributed by atoms with Crippen molar-refractivity contribution >= 4 is 5.78 Å². The summed E-state index contributed by atoms with van der Waals surface area (Å²) >= 11 is 0. The van der Waals surface area contributed by atoms with Gasteiger partial charge in [0.2, 0.25) is 0 Å². The number of halogens is 1. The summed E-state index contributed by atoms with van der Waals surface area (Å²) in [6.07, 6.45) is 5.29. The molecule has 1 saturated carbocycles. The highest BCUT2D eigenvalue weighted by Crippen LogP contribution is 2.38. The van der Waals surface area contributed by atoms with Crippen molar-refractivity contribution in [1.82, 2.24) is 0 Å². The van der Waals surface area contributed by atoms with Crippen molar-refractivity contribution in [3.8, 4) is 0 Å². The van der Waals surface area contributed by atoms with Crippen LogP contribution in [0.1, 0.15) is 54.9 Å². The van der Waals surface area contributed by atoms with Crippen LogP contribution in [0, 0.1) is 18.2 Å². The van der Waals surface area contributed by atoms with Gasteiger partial charge in [0.1, 0.15) is 5.82 Å². The van der Waals surface area contributed by atoms with Crippen LogP contribution in [-0.2, 0) is 0 Å². The first-order chi connectivity index (χ1) is 8.03. The van der Waals surface area contributed by atoms with Gasteiger partial charge in [0.05, 0.1) is 0 Å². The number of ketones is 1. The van der Waals surface area contributed by atoms with E-state index in [0.717, 1.165) is 25.7 Å². The lowest BCUT2D eigenvalue weighted by atomic mass is 9.71. The Bertz CT molecular complexity index is 431. The standard InChI is InChI=1S/C15H19FO/c1-11-6-7-12(10-13(11)16)14(17)15(2)8-4-3-5-9-15/h6-7,10H,3-5,8-9H2,1-2H3. The van der Waals surface area contributed by atoms with Crippen LogP contribution in [0.5, 0.6) is 0 Å². The van der Waals surface area contributed by atoms with Gasteiger partial charge in [0, 0.05) is 11.0 Å². The van der Waals surface area contributed by atoms with Crippen molar-refractivity contribution < 1.29 is 9.18 Å². The molecule has 0 bridgehead atoms. The molecule has 0 saturated heterocycles. The van der Waals surface area contributed by atoms with Gasteiger partial charge in [-0.2, -0.15) is 0 Å². The number of aryl methyl sites for hydroxylation is 1. The molecular formula is C15H19FO. The third-order valence-corrected chi connectivity index (χ3v) is 3.94. The smallest absolute Gasteiger partial charge is 0.168 e. The summed E-state index contributed by atoms with van der Waals surface area (Å²) < 4.78 is 13.5. The fraction of sp³-hybridized carbons (Fsp3) is 0.533.